The maximum atomic E-state index is 12.0. The molecule has 0 amide bonds. The van der Waals surface area contributed by atoms with E-state index in [1.54, 1.807) is 31.4 Å². The molecule has 2 aromatic carbocycles. The van der Waals surface area contributed by atoms with Crippen molar-refractivity contribution >= 4 is 49.8 Å². The van der Waals surface area contributed by atoms with Gasteiger partial charge in [-0.1, -0.05) is 28.1 Å². The molecule has 3 rings (SSSR count). The lowest BCUT2D eigenvalue weighted by Gasteiger charge is -2.05. The number of methoxy groups -OCH3 is 1. The monoisotopic (exact) mass is 435 g/mol. The summed E-state index contributed by atoms with van der Waals surface area (Å²) in [6.07, 6.45) is 1.69. The topological polar surface area (TPSA) is 47.9 Å². The molecule has 0 unspecified atom stereocenters. The van der Waals surface area contributed by atoms with Gasteiger partial charge in [0, 0.05) is 10.0 Å². The Morgan fingerprint density at radius 3 is 2.52 bits per heavy atom. The Labute approximate surface area is 150 Å². The first-order chi connectivity index (χ1) is 11.1. The van der Waals surface area contributed by atoms with Crippen molar-refractivity contribution in [1.29, 1.82) is 0 Å². The van der Waals surface area contributed by atoms with Gasteiger partial charge in [-0.2, -0.15) is 0 Å². The fourth-order valence-electron chi connectivity index (χ4n) is 2.05. The quantitative estimate of drug-likeness (QED) is 0.523. The predicted octanol–water partition coefficient (Wildman–Crippen LogP) is 4.56. The molecule has 1 aliphatic rings. The first-order valence-corrected chi connectivity index (χ1v) is 8.27. The summed E-state index contributed by atoms with van der Waals surface area (Å²) >= 11 is 6.78. The van der Waals surface area contributed by atoms with E-state index in [2.05, 4.69) is 36.9 Å². The van der Waals surface area contributed by atoms with Crippen molar-refractivity contribution in [3.63, 3.8) is 0 Å². The van der Waals surface area contributed by atoms with Crippen LogP contribution in [0.25, 0.3) is 6.08 Å². The lowest BCUT2D eigenvalue weighted by molar-refractivity contribution is -0.129. The number of cyclic esters (lactones) is 1. The molecule has 0 atom stereocenters. The van der Waals surface area contributed by atoms with Crippen molar-refractivity contribution in [2.75, 3.05) is 7.11 Å². The zero-order chi connectivity index (χ0) is 16.4. The summed E-state index contributed by atoms with van der Waals surface area (Å²) in [5, 5.41) is 0. The third-order valence-electron chi connectivity index (χ3n) is 3.19. The zero-order valence-corrected chi connectivity index (χ0v) is 15.2. The molecule has 0 fully saturated rings. The second-order valence-corrected chi connectivity index (χ2v) is 6.51. The molecule has 23 heavy (non-hydrogen) atoms. The number of carbonyl (C=O) groups is 1. The van der Waals surface area contributed by atoms with Gasteiger partial charge in [-0.3, -0.25) is 0 Å². The molecular formula is C17H11Br2NO3. The molecular weight excluding hydrogens is 426 g/mol. The van der Waals surface area contributed by atoms with Crippen LogP contribution in [-0.4, -0.2) is 19.0 Å². The number of hydrogen-bond acceptors (Lipinski definition) is 4. The zero-order valence-electron chi connectivity index (χ0n) is 12.0. The standard InChI is InChI=1S/C17H11Br2NO3/c1-22-15-7-4-11(9-13(15)19)16-20-14(17(21)23-16)8-10-2-5-12(18)6-3-10/h2-9H,1H3. The van der Waals surface area contributed by atoms with Gasteiger partial charge in [0.2, 0.25) is 5.90 Å². The van der Waals surface area contributed by atoms with Crippen molar-refractivity contribution in [2.24, 2.45) is 4.99 Å². The number of ether oxygens (including phenoxy) is 2. The highest BCUT2D eigenvalue weighted by Gasteiger charge is 2.24. The average Bonchev–Trinajstić information content (AvgIpc) is 2.90. The predicted molar refractivity (Wildman–Crippen MR) is 95.4 cm³/mol. The minimum absolute atomic E-state index is 0.272. The number of benzene rings is 2. The van der Waals surface area contributed by atoms with Gasteiger partial charge in [0.25, 0.3) is 0 Å². The van der Waals surface area contributed by atoms with Crippen molar-refractivity contribution in [2.45, 2.75) is 0 Å². The van der Waals surface area contributed by atoms with Crippen LogP contribution in [0.5, 0.6) is 5.75 Å². The Balaban J connectivity index is 1.92. The molecule has 0 bridgehead atoms. The normalized spacial score (nSPS) is 15.5. The first-order valence-electron chi connectivity index (χ1n) is 6.69. The maximum absolute atomic E-state index is 12.0. The summed E-state index contributed by atoms with van der Waals surface area (Å²) in [5.41, 5.74) is 1.85. The number of aliphatic imine (C=N–C) groups is 1. The molecule has 2 aromatic rings. The van der Waals surface area contributed by atoms with Crippen LogP contribution in [0.2, 0.25) is 0 Å². The van der Waals surface area contributed by atoms with E-state index < -0.39 is 5.97 Å². The molecule has 116 valence electrons. The van der Waals surface area contributed by atoms with Crippen molar-refractivity contribution in [1.82, 2.24) is 0 Å². The average molecular weight is 437 g/mol. The Morgan fingerprint density at radius 2 is 1.87 bits per heavy atom. The molecule has 0 aromatic heterocycles. The fourth-order valence-corrected chi connectivity index (χ4v) is 2.85. The second-order valence-electron chi connectivity index (χ2n) is 4.74. The van der Waals surface area contributed by atoms with Crippen LogP contribution in [0.15, 0.2) is 62.1 Å². The summed E-state index contributed by atoms with van der Waals surface area (Å²) < 4.78 is 12.2. The van der Waals surface area contributed by atoms with Crippen LogP contribution < -0.4 is 4.74 Å². The third kappa shape index (κ3) is 3.54. The van der Waals surface area contributed by atoms with Crippen molar-refractivity contribution in [3.8, 4) is 5.75 Å². The van der Waals surface area contributed by atoms with Crippen LogP contribution >= 0.6 is 31.9 Å². The van der Waals surface area contributed by atoms with E-state index >= 15 is 0 Å². The van der Waals surface area contributed by atoms with Crippen LogP contribution in [0.4, 0.5) is 0 Å². The van der Waals surface area contributed by atoms with E-state index in [4.69, 9.17) is 9.47 Å². The van der Waals surface area contributed by atoms with E-state index in [0.717, 1.165) is 14.5 Å². The molecule has 1 aliphatic heterocycles. The summed E-state index contributed by atoms with van der Waals surface area (Å²) in [5.74, 6) is 0.515. The maximum Gasteiger partial charge on any atom is 0.363 e. The number of halogens is 2. The molecule has 6 heteroatoms. The molecule has 4 nitrogen and oxygen atoms in total. The van der Waals surface area contributed by atoms with E-state index in [9.17, 15) is 4.79 Å². The summed E-state index contributed by atoms with van der Waals surface area (Å²) in [4.78, 5) is 16.3. The smallest absolute Gasteiger partial charge is 0.363 e. The Kier molecular flexibility index (Phi) is 4.63. The number of esters is 1. The van der Waals surface area contributed by atoms with E-state index in [1.165, 1.54) is 0 Å². The summed E-state index contributed by atoms with van der Waals surface area (Å²) in [6, 6.07) is 13.0. The summed E-state index contributed by atoms with van der Waals surface area (Å²) in [6.45, 7) is 0. The van der Waals surface area contributed by atoms with Gasteiger partial charge in [-0.15, -0.1) is 0 Å². The van der Waals surface area contributed by atoms with Gasteiger partial charge in [0.1, 0.15) is 5.75 Å². The Morgan fingerprint density at radius 1 is 1.13 bits per heavy atom. The Hall–Kier alpha value is -1.92. The molecule has 1 heterocycles. The molecule has 0 radical (unpaired) electrons. The lowest BCUT2D eigenvalue weighted by atomic mass is 10.2. The van der Waals surface area contributed by atoms with Gasteiger partial charge in [0.15, 0.2) is 5.70 Å². The molecule has 0 aliphatic carbocycles. The van der Waals surface area contributed by atoms with E-state index in [1.807, 2.05) is 24.3 Å². The minimum Gasteiger partial charge on any atom is -0.496 e. The van der Waals surface area contributed by atoms with Gasteiger partial charge >= 0.3 is 5.97 Å². The molecule has 0 N–H and O–H groups in total. The molecule has 0 spiro atoms. The minimum atomic E-state index is -0.463. The molecule has 0 saturated carbocycles. The van der Waals surface area contributed by atoms with Crippen LogP contribution in [0.1, 0.15) is 11.1 Å². The Bertz CT molecular complexity index is 826. The van der Waals surface area contributed by atoms with Crippen LogP contribution in [-0.2, 0) is 9.53 Å². The van der Waals surface area contributed by atoms with Crippen LogP contribution in [0, 0.1) is 0 Å². The number of nitrogens with zero attached hydrogens (tertiary/aromatic N) is 1. The van der Waals surface area contributed by atoms with Crippen molar-refractivity contribution in [3.05, 3.63) is 68.2 Å². The van der Waals surface area contributed by atoms with Gasteiger partial charge < -0.3 is 9.47 Å². The highest BCUT2D eigenvalue weighted by molar-refractivity contribution is 9.10. The van der Waals surface area contributed by atoms with Gasteiger partial charge in [-0.05, 0) is 57.9 Å². The molecule has 0 saturated heterocycles. The first kappa shape index (κ1) is 16.0. The van der Waals surface area contributed by atoms with Gasteiger partial charge in [-0.25, -0.2) is 9.79 Å². The SMILES string of the molecule is COc1ccc(C2=NC(=Cc3ccc(Br)cc3)C(=O)O2)cc1Br. The van der Waals surface area contributed by atoms with E-state index in [-0.39, 0.29) is 11.6 Å². The largest absolute Gasteiger partial charge is 0.496 e. The highest BCUT2D eigenvalue weighted by atomic mass is 79.9. The fraction of sp³-hybridized carbons (Fsp3) is 0.0588. The number of rotatable bonds is 3. The van der Waals surface area contributed by atoms with Crippen LogP contribution in [0.3, 0.4) is 0 Å². The van der Waals surface area contributed by atoms with E-state index in [0.29, 0.717) is 11.3 Å². The number of carbonyl (C=O) groups excluding carboxylic acids is 1. The lowest BCUT2D eigenvalue weighted by Crippen LogP contribution is -2.05. The van der Waals surface area contributed by atoms with Gasteiger partial charge in [0.05, 0.1) is 11.6 Å². The highest BCUT2D eigenvalue weighted by Crippen LogP contribution is 2.28. The second kappa shape index (κ2) is 6.68. The summed E-state index contributed by atoms with van der Waals surface area (Å²) in [7, 11) is 1.59. The van der Waals surface area contributed by atoms with Crippen molar-refractivity contribution < 1.29 is 14.3 Å². The number of hydrogen-bond donors (Lipinski definition) is 0. The third-order valence-corrected chi connectivity index (χ3v) is 4.34.